The van der Waals surface area contributed by atoms with Crippen molar-refractivity contribution >= 4 is 17.3 Å². The minimum Gasteiger partial charge on any atom is -0.508 e. The van der Waals surface area contributed by atoms with E-state index in [4.69, 9.17) is 5.73 Å². The fraction of sp³-hybridized carbons (Fsp3) is 0.133. The molecule has 2 rings (SSSR count). The summed E-state index contributed by atoms with van der Waals surface area (Å²) in [6.07, 6.45) is 0. The van der Waals surface area contributed by atoms with Crippen LogP contribution in [0.2, 0.25) is 0 Å². The van der Waals surface area contributed by atoms with Crippen LogP contribution < -0.4 is 11.1 Å². The van der Waals surface area contributed by atoms with Crippen LogP contribution in [0.1, 0.15) is 21.5 Å². The van der Waals surface area contributed by atoms with Gasteiger partial charge in [-0.25, -0.2) is 0 Å². The van der Waals surface area contributed by atoms with Gasteiger partial charge < -0.3 is 16.2 Å². The number of phenols is 1. The third-order valence-corrected chi connectivity index (χ3v) is 3.04. The van der Waals surface area contributed by atoms with Crippen molar-refractivity contribution in [3.63, 3.8) is 0 Å². The number of para-hydroxylation sites is 1. The largest absolute Gasteiger partial charge is 0.508 e. The zero-order valence-corrected chi connectivity index (χ0v) is 10.9. The molecular formula is C15H16N2O2. The second kappa shape index (κ2) is 5.02. The Labute approximate surface area is 111 Å². The molecule has 1 amide bonds. The second-order valence-electron chi connectivity index (χ2n) is 4.49. The van der Waals surface area contributed by atoms with E-state index in [9.17, 15) is 9.90 Å². The number of phenolic OH excluding ortho intramolecular Hbond substituents is 1. The van der Waals surface area contributed by atoms with Gasteiger partial charge in [-0.1, -0.05) is 18.2 Å². The van der Waals surface area contributed by atoms with Crippen LogP contribution in [0.4, 0.5) is 11.4 Å². The molecular weight excluding hydrogens is 240 g/mol. The van der Waals surface area contributed by atoms with Gasteiger partial charge in [0.05, 0.1) is 5.56 Å². The molecule has 0 unspecified atom stereocenters. The van der Waals surface area contributed by atoms with Crippen molar-refractivity contribution in [2.45, 2.75) is 13.8 Å². The first kappa shape index (κ1) is 13.0. The molecule has 0 fully saturated rings. The van der Waals surface area contributed by atoms with Crippen molar-refractivity contribution < 1.29 is 9.90 Å². The van der Waals surface area contributed by atoms with Gasteiger partial charge in [-0.15, -0.1) is 0 Å². The van der Waals surface area contributed by atoms with Gasteiger partial charge in [0, 0.05) is 17.4 Å². The molecule has 0 heterocycles. The Bertz CT molecular complexity index is 636. The molecule has 0 aliphatic carbocycles. The first-order chi connectivity index (χ1) is 8.99. The third-order valence-electron chi connectivity index (χ3n) is 3.04. The molecule has 0 bridgehead atoms. The lowest BCUT2D eigenvalue weighted by molar-refractivity contribution is 0.102. The summed E-state index contributed by atoms with van der Waals surface area (Å²) in [6, 6.07) is 10.3. The number of benzene rings is 2. The van der Waals surface area contributed by atoms with E-state index < -0.39 is 0 Å². The number of hydrogen-bond donors (Lipinski definition) is 3. The second-order valence-corrected chi connectivity index (χ2v) is 4.49. The zero-order chi connectivity index (χ0) is 14.0. The number of carbonyl (C=O) groups excluding carboxylic acids is 1. The normalized spacial score (nSPS) is 10.2. The maximum absolute atomic E-state index is 12.1. The van der Waals surface area contributed by atoms with Crippen LogP contribution in [0.3, 0.4) is 0 Å². The molecule has 0 aliphatic rings. The lowest BCUT2D eigenvalue weighted by Gasteiger charge is -2.10. The SMILES string of the molecule is Cc1ccc(NC(=O)c2cccc(C)c2N)cc1O. The summed E-state index contributed by atoms with van der Waals surface area (Å²) >= 11 is 0. The predicted molar refractivity (Wildman–Crippen MR) is 76.4 cm³/mol. The summed E-state index contributed by atoms with van der Waals surface area (Å²) in [5.74, 6) is -0.139. The van der Waals surface area contributed by atoms with Gasteiger partial charge in [0.25, 0.3) is 5.91 Å². The smallest absolute Gasteiger partial charge is 0.257 e. The molecule has 0 radical (unpaired) electrons. The van der Waals surface area contributed by atoms with Crippen LogP contribution in [0, 0.1) is 13.8 Å². The highest BCUT2D eigenvalue weighted by Gasteiger charge is 2.11. The van der Waals surface area contributed by atoms with E-state index in [1.54, 1.807) is 31.2 Å². The van der Waals surface area contributed by atoms with Gasteiger partial charge in [-0.2, -0.15) is 0 Å². The van der Waals surface area contributed by atoms with Crippen LogP contribution in [0.15, 0.2) is 36.4 Å². The van der Waals surface area contributed by atoms with Crippen LogP contribution in [0.25, 0.3) is 0 Å². The summed E-state index contributed by atoms with van der Waals surface area (Å²) in [5.41, 5.74) is 8.93. The molecule has 4 N–H and O–H groups in total. The molecule has 0 saturated heterocycles. The number of rotatable bonds is 2. The van der Waals surface area contributed by atoms with Crippen molar-refractivity contribution in [1.82, 2.24) is 0 Å². The van der Waals surface area contributed by atoms with Gasteiger partial charge in [0.2, 0.25) is 0 Å². The fourth-order valence-electron chi connectivity index (χ4n) is 1.76. The number of carbonyl (C=O) groups is 1. The quantitative estimate of drug-likeness (QED) is 0.723. The number of amides is 1. The number of nitrogen functional groups attached to an aromatic ring is 1. The van der Waals surface area contributed by atoms with E-state index in [1.165, 1.54) is 6.07 Å². The number of aryl methyl sites for hydroxylation is 2. The Morgan fingerprint density at radius 3 is 2.58 bits per heavy atom. The predicted octanol–water partition coefficient (Wildman–Crippen LogP) is 2.84. The third kappa shape index (κ3) is 2.68. The van der Waals surface area contributed by atoms with Crippen LogP contribution >= 0.6 is 0 Å². The summed E-state index contributed by atoms with van der Waals surface area (Å²) in [6.45, 7) is 3.64. The van der Waals surface area contributed by atoms with Crippen molar-refractivity contribution in [3.8, 4) is 5.75 Å². The fourth-order valence-corrected chi connectivity index (χ4v) is 1.76. The van der Waals surface area contributed by atoms with E-state index in [2.05, 4.69) is 5.32 Å². The highest BCUT2D eigenvalue weighted by atomic mass is 16.3. The molecule has 4 nitrogen and oxygen atoms in total. The van der Waals surface area contributed by atoms with Crippen LogP contribution in [0.5, 0.6) is 5.75 Å². The molecule has 4 heteroatoms. The number of hydrogen-bond acceptors (Lipinski definition) is 3. The molecule has 0 spiro atoms. The van der Waals surface area contributed by atoms with Gasteiger partial charge >= 0.3 is 0 Å². The number of aromatic hydroxyl groups is 1. The molecule has 19 heavy (non-hydrogen) atoms. The Hall–Kier alpha value is -2.49. The van der Waals surface area contributed by atoms with E-state index >= 15 is 0 Å². The molecule has 98 valence electrons. The molecule has 0 saturated carbocycles. The van der Waals surface area contributed by atoms with Gasteiger partial charge in [0.15, 0.2) is 0 Å². The number of anilines is 2. The zero-order valence-electron chi connectivity index (χ0n) is 10.9. The van der Waals surface area contributed by atoms with Crippen molar-refractivity contribution in [3.05, 3.63) is 53.1 Å². The Balaban J connectivity index is 2.26. The molecule has 2 aromatic carbocycles. The van der Waals surface area contributed by atoms with Gasteiger partial charge in [-0.3, -0.25) is 4.79 Å². The molecule has 0 aromatic heterocycles. The Kier molecular flexibility index (Phi) is 3.42. The Morgan fingerprint density at radius 2 is 1.89 bits per heavy atom. The minimum atomic E-state index is -0.288. The average molecular weight is 256 g/mol. The highest BCUT2D eigenvalue weighted by molar-refractivity contribution is 6.08. The number of nitrogens with one attached hydrogen (secondary N) is 1. The standard InChI is InChI=1S/C15H16N2O2/c1-9-6-7-11(8-13(9)18)17-15(19)12-5-3-4-10(2)14(12)16/h3-8,18H,16H2,1-2H3,(H,17,19). The molecule has 2 aromatic rings. The van der Waals surface area contributed by atoms with E-state index in [-0.39, 0.29) is 11.7 Å². The first-order valence-electron chi connectivity index (χ1n) is 5.95. The van der Waals surface area contributed by atoms with E-state index in [1.807, 2.05) is 13.0 Å². The van der Waals surface area contributed by atoms with Crippen molar-refractivity contribution in [2.24, 2.45) is 0 Å². The van der Waals surface area contributed by atoms with E-state index in [0.717, 1.165) is 11.1 Å². The molecule has 0 atom stereocenters. The summed E-state index contributed by atoms with van der Waals surface area (Å²) in [4.78, 5) is 12.1. The first-order valence-corrected chi connectivity index (χ1v) is 5.95. The lowest BCUT2D eigenvalue weighted by Crippen LogP contribution is -2.14. The van der Waals surface area contributed by atoms with Gasteiger partial charge in [0.1, 0.15) is 5.75 Å². The Morgan fingerprint density at radius 1 is 1.16 bits per heavy atom. The van der Waals surface area contributed by atoms with Crippen LogP contribution in [-0.4, -0.2) is 11.0 Å². The number of nitrogens with two attached hydrogens (primary N) is 1. The summed E-state index contributed by atoms with van der Waals surface area (Å²) in [5, 5.41) is 12.3. The van der Waals surface area contributed by atoms with Crippen molar-refractivity contribution in [2.75, 3.05) is 11.1 Å². The monoisotopic (exact) mass is 256 g/mol. The summed E-state index contributed by atoms with van der Waals surface area (Å²) in [7, 11) is 0. The lowest BCUT2D eigenvalue weighted by atomic mass is 10.1. The summed E-state index contributed by atoms with van der Waals surface area (Å²) < 4.78 is 0. The molecule has 0 aliphatic heterocycles. The van der Waals surface area contributed by atoms with Crippen LogP contribution in [-0.2, 0) is 0 Å². The maximum atomic E-state index is 12.1. The highest BCUT2D eigenvalue weighted by Crippen LogP contribution is 2.22. The average Bonchev–Trinajstić information content (AvgIpc) is 2.37. The van der Waals surface area contributed by atoms with Crippen molar-refractivity contribution in [1.29, 1.82) is 0 Å². The minimum absolute atomic E-state index is 0.148. The maximum Gasteiger partial charge on any atom is 0.257 e. The topological polar surface area (TPSA) is 75.4 Å². The van der Waals surface area contributed by atoms with E-state index in [0.29, 0.717) is 16.9 Å². The van der Waals surface area contributed by atoms with Gasteiger partial charge in [-0.05, 0) is 37.1 Å².